The number of aromatic nitrogens is 3. The van der Waals surface area contributed by atoms with Crippen LogP contribution in [0.5, 0.6) is 0 Å². The first kappa shape index (κ1) is 19.4. The van der Waals surface area contributed by atoms with Crippen molar-refractivity contribution >= 4 is 49.4 Å². The molecule has 0 radical (unpaired) electrons. The van der Waals surface area contributed by atoms with E-state index in [1.165, 1.54) is 23.1 Å². The Morgan fingerprint density at radius 3 is 3.11 bits per heavy atom. The maximum Gasteiger partial charge on any atom is 0.272 e. The average molecular weight is 419 g/mol. The number of amides is 1. The van der Waals surface area contributed by atoms with Gasteiger partial charge in [0, 0.05) is 24.2 Å². The third kappa shape index (κ3) is 3.92. The quantitative estimate of drug-likeness (QED) is 0.489. The van der Waals surface area contributed by atoms with E-state index in [1.54, 1.807) is 10.8 Å². The molecule has 148 valence electrons. The van der Waals surface area contributed by atoms with Crippen LogP contribution in [0.4, 0.5) is 0 Å². The molecule has 0 bridgehead atoms. The highest BCUT2D eigenvalue weighted by molar-refractivity contribution is 7.99. The summed E-state index contributed by atoms with van der Waals surface area (Å²) in [6.45, 7) is 5.02. The zero-order valence-corrected chi connectivity index (χ0v) is 17.4. The minimum atomic E-state index is -0.0877. The second-order valence-electron chi connectivity index (χ2n) is 7.09. The Balaban J connectivity index is 1.75. The van der Waals surface area contributed by atoms with Gasteiger partial charge >= 0.3 is 0 Å². The molecule has 7 nitrogen and oxygen atoms in total. The predicted molar refractivity (Wildman–Crippen MR) is 112 cm³/mol. The van der Waals surface area contributed by atoms with E-state index in [2.05, 4.69) is 10.3 Å². The van der Waals surface area contributed by atoms with Crippen LogP contribution in [-0.2, 0) is 16.1 Å². The van der Waals surface area contributed by atoms with Gasteiger partial charge < -0.3 is 10.1 Å². The van der Waals surface area contributed by atoms with Crippen molar-refractivity contribution in [3.05, 3.63) is 28.7 Å². The maximum atomic E-state index is 13.3. The van der Waals surface area contributed by atoms with E-state index in [0.29, 0.717) is 21.9 Å². The van der Waals surface area contributed by atoms with E-state index in [1.807, 2.05) is 26.0 Å². The molecule has 0 aliphatic carbocycles. The summed E-state index contributed by atoms with van der Waals surface area (Å²) in [6, 6.07) is 3.85. The van der Waals surface area contributed by atoms with E-state index in [4.69, 9.17) is 9.72 Å². The molecule has 0 saturated carbocycles. The van der Waals surface area contributed by atoms with Crippen LogP contribution in [0.3, 0.4) is 0 Å². The van der Waals surface area contributed by atoms with Gasteiger partial charge in [0.15, 0.2) is 5.16 Å². The molecule has 9 heteroatoms. The number of pyridine rings is 1. The molecule has 1 fully saturated rings. The molecule has 28 heavy (non-hydrogen) atoms. The molecule has 0 spiro atoms. The fraction of sp³-hybridized carbons (Fsp3) is 0.474. The Labute approximate surface area is 170 Å². The monoisotopic (exact) mass is 418 g/mol. The fourth-order valence-electron chi connectivity index (χ4n) is 3.30. The Hall–Kier alpha value is -1.97. The number of nitrogens with zero attached hydrogens (tertiary/aromatic N) is 3. The van der Waals surface area contributed by atoms with Crippen LogP contribution in [0, 0.1) is 0 Å². The van der Waals surface area contributed by atoms with E-state index >= 15 is 0 Å². The summed E-state index contributed by atoms with van der Waals surface area (Å²) in [7, 11) is 0. The van der Waals surface area contributed by atoms with Gasteiger partial charge in [0.1, 0.15) is 9.53 Å². The number of thiophene rings is 1. The summed E-state index contributed by atoms with van der Waals surface area (Å²) in [6.07, 6.45) is 3.65. The number of thioether (sulfide) groups is 1. The van der Waals surface area contributed by atoms with Crippen LogP contribution in [0.2, 0.25) is 0 Å². The highest BCUT2D eigenvalue weighted by atomic mass is 32.2. The molecule has 1 unspecified atom stereocenters. The lowest BCUT2D eigenvalue weighted by atomic mass is 10.2. The lowest BCUT2D eigenvalue weighted by Crippen LogP contribution is -2.32. The second kappa shape index (κ2) is 8.18. The lowest BCUT2D eigenvalue weighted by Gasteiger charge is -2.16. The van der Waals surface area contributed by atoms with E-state index in [9.17, 15) is 9.59 Å². The summed E-state index contributed by atoms with van der Waals surface area (Å²) in [4.78, 5) is 35.3. The van der Waals surface area contributed by atoms with E-state index in [-0.39, 0.29) is 29.4 Å². The number of nitrogens with one attached hydrogen (secondary N) is 1. The van der Waals surface area contributed by atoms with E-state index < -0.39 is 0 Å². The van der Waals surface area contributed by atoms with Crippen LogP contribution in [0.15, 0.2) is 28.3 Å². The Bertz CT molecular complexity index is 1070. The third-order valence-electron chi connectivity index (χ3n) is 4.51. The third-order valence-corrected chi connectivity index (χ3v) is 6.58. The van der Waals surface area contributed by atoms with Crippen molar-refractivity contribution in [3.63, 3.8) is 0 Å². The number of hydrogen-bond donors (Lipinski definition) is 1. The summed E-state index contributed by atoms with van der Waals surface area (Å²) in [5.74, 6) is 0.136. The van der Waals surface area contributed by atoms with Gasteiger partial charge in [-0.25, -0.2) is 9.97 Å². The number of fused-ring (bicyclic) bond motifs is 3. The molecule has 1 aliphatic rings. The summed E-state index contributed by atoms with van der Waals surface area (Å²) in [5, 5.41) is 4.30. The molecule has 1 saturated heterocycles. The van der Waals surface area contributed by atoms with Crippen molar-refractivity contribution < 1.29 is 9.53 Å². The van der Waals surface area contributed by atoms with Crippen LogP contribution >= 0.6 is 23.1 Å². The second-order valence-corrected chi connectivity index (χ2v) is 9.03. The van der Waals surface area contributed by atoms with Gasteiger partial charge in [-0.1, -0.05) is 11.8 Å². The first-order valence-corrected chi connectivity index (χ1v) is 11.1. The molecule has 3 aromatic heterocycles. The van der Waals surface area contributed by atoms with Gasteiger partial charge in [-0.15, -0.1) is 11.3 Å². The van der Waals surface area contributed by atoms with Crippen LogP contribution in [0.1, 0.15) is 26.7 Å². The van der Waals surface area contributed by atoms with E-state index in [0.717, 1.165) is 29.7 Å². The summed E-state index contributed by atoms with van der Waals surface area (Å²) >= 11 is 2.66. The first-order chi connectivity index (χ1) is 13.5. The number of ether oxygens (including phenoxy) is 1. The number of carbonyl (C=O) groups excluding carboxylic acids is 1. The highest BCUT2D eigenvalue weighted by Gasteiger charge is 2.22. The minimum absolute atomic E-state index is 0.00768. The topological polar surface area (TPSA) is 86.1 Å². The zero-order valence-electron chi connectivity index (χ0n) is 15.8. The largest absolute Gasteiger partial charge is 0.376 e. The first-order valence-electron chi connectivity index (χ1n) is 9.34. The molecule has 1 atom stereocenters. The number of rotatable bonds is 6. The SMILES string of the molecule is CC(C)NC(=O)CSc1nc2c(sc3ncccc32)c(=O)n1CC1CCCO1. The van der Waals surface area contributed by atoms with Crippen LogP contribution in [0.25, 0.3) is 20.4 Å². The standard InChI is InChI=1S/C19H22N4O3S2/c1-11(2)21-14(24)10-27-19-22-15-13-6-3-7-20-17(13)28-16(15)18(25)23(19)9-12-5-4-8-26-12/h3,6-7,11-12H,4-5,8-10H2,1-2H3,(H,21,24). The van der Waals surface area contributed by atoms with Gasteiger partial charge in [-0.3, -0.25) is 14.2 Å². The van der Waals surface area contributed by atoms with Gasteiger partial charge in [-0.2, -0.15) is 0 Å². The Morgan fingerprint density at radius 1 is 1.50 bits per heavy atom. The zero-order chi connectivity index (χ0) is 19.7. The van der Waals surface area contributed by atoms with Crippen molar-refractivity contribution in [2.75, 3.05) is 12.4 Å². The summed E-state index contributed by atoms with van der Waals surface area (Å²) < 4.78 is 8.00. The van der Waals surface area contributed by atoms with Gasteiger partial charge in [0.05, 0.1) is 23.9 Å². The molecule has 0 aromatic carbocycles. The van der Waals surface area contributed by atoms with Gasteiger partial charge in [0.25, 0.3) is 5.56 Å². The molecule has 3 aromatic rings. The Morgan fingerprint density at radius 2 is 2.36 bits per heavy atom. The lowest BCUT2D eigenvalue weighted by molar-refractivity contribution is -0.119. The maximum absolute atomic E-state index is 13.3. The molecule has 4 heterocycles. The highest BCUT2D eigenvalue weighted by Crippen LogP contribution is 2.30. The van der Waals surface area contributed by atoms with Crippen molar-refractivity contribution in [2.24, 2.45) is 0 Å². The van der Waals surface area contributed by atoms with Crippen molar-refractivity contribution in [3.8, 4) is 0 Å². The van der Waals surface area contributed by atoms with Gasteiger partial charge in [-0.05, 0) is 38.8 Å². The normalized spacial score (nSPS) is 17.0. The minimum Gasteiger partial charge on any atom is -0.376 e. The molecule has 1 aliphatic heterocycles. The molecule has 1 N–H and O–H groups in total. The fourth-order valence-corrected chi connectivity index (χ4v) is 5.14. The average Bonchev–Trinajstić information content (AvgIpc) is 3.30. The van der Waals surface area contributed by atoms with Crippen LogP contribution in [-0.4, -0.2) is 44.9 Å². The van der Waals surface area contributed by atoms with Crippen LogP contribution < -0.4 is 10.9 Å². The summed E-state index contributed by atoms with van der Waals surface area (Å²) in [5.41, 5.74) is 0.573. The molecular formula is C19H22N4O3S2. The molecule has 1 amide bonds. The van der Waals surface area contributed by atoms with Crippen molar-refractivity contribution in [1.29, 1.82) is 0 Å². The molecular weight excluding hydrogens is 396 g/mol. The number of hydrogen-bond acceptors (Lipinski definition) is 7. The smallest absolute Gasteiger partial charge is 0.272 e. The van der Waals surface area contributed by atoms with Crippen molar-refractivity contribution in [1.82, 2.24) is 19.9 Å². The van der Waals surface area contributed by atoms with Gasteiger partial charge in [0.2, 0.25) is 5.91 Å². The Kier molecular flexibility index (Phi) is 5.65. The predicted octanol–water partition coefficient (Wildman–Crippen LogP) is 2.80. The number of carbonyl (C=O) groups is 1. The molecule has 4 rings (SSSR count). The van der Waals surface area contributed by atoms with Crippen molar-refractivity contribution in [2.45, 2.75) is 50.5 Å².